The van der Waals surface area contributed by atoms with Gasteiger partial charge < -0.3 is 24.2 Å². The van der Waals surface area contributed by atoms with E-state index in [1.807, 2.05) is 6.07 Å². The van der Waals surface area contributed by atoms with Crippen molar-refractivity contribution >= 4 is 11.9 Å². The lowest BCUT2D eigenvalue weighted by Gasteiger charge is -2.30. The Balaban J connectivity index is 1.62. The number of ether oxygens (including phenoxy) is 3. The molecule has 2 aliphatic rings. The van der Waals surface area contributed by atoms with E-state index in [2.05, 4.69) is 11.9 Å². The lowest BCUT2D eigenvalue weighted by atomic mass is 10.0. The van der Waals surface area contributed by atoms with Crippen LogP contribution in [-0.4, -0.2) is 58.1 Å². The van der Waals surface area contributed by atoms with E-state index in [0.717, 1.165) is 31.7 Å². The van der Waals surface area contributed by atoms with Crippen molar-refractivity contribution in [3.63, 3.8) is 0 Å². The van der Waals surface area contributed by atoms with E-state index in [4.69, 9.17) is 14.2 Å². The predicted molar refractivity (Wildman–Crippen MR) is 110 cm³/mol. The van der Waals surface area contributed by atoms with E-state index < -0.39 is 0 Å². The van der Waals surface area contributed by atoms with Crippen molar-refractivity contribution in [3.8, 4) is 23.0 Å². The quantitative estimate of drug-likeness (QED) is 0.733. The number of ketones is 1. The van der Waals surface area contributed by atoms with Crippen LogP contribution in [0.15, 0.2) is 36.1 Å². The van der Waals surface area contributed by atoms with Crippen LogP contribution in [0.3, 0.4) is 0 Å². The van der Waals surface area contributed by atoms with Gasteiger partial charge in [0, 0.05) is 18.7 Å². The molecule has 7 heteroatoms. The minimum absolute atomic E-state index is 0.0830. The molecule has 0 aromatic heterocycles. The molecule has 30 heavy (non-hydrogen) atoms. The van der Waals surface area contributed by atoms with Crippen LogP contribution in [0.5, 0.6) is 23.0 Å². The Bertz CT molecular complexity index is 993. The number of allylic oxidation sites excluding steroid dienone is 1. The highest BCUT2D eigenvalue weighted by Crippen LogP contribution is 2.38. The van der Waals surface area contributed by atoms with E-state index in [1.54, 1.807) is 38.5 Å². The number of hydrogen-bond donors (Lipinski definition) is 1. The fourth-order valence-corrected chi connectivity index (χ4v) is 3.91. The molecule has 0 amide bonds. The monoisotopic (exact) mass is 410 g/mol. The van der Waals surface area contributed by atoms with E-state index >= 15 is 0 Å². The van der Waals surface area contributed by atoms with Crippen molar-refractivity contribution < 1.29 is 29.0 Å². The highest BCUT2D eigenvalue weighted by molar-refractivity contribution is 6.15. The first kappa shape index (κ1) is 20.3. The van der Waals surface area contributed by atoms with Crippen LogP contribution in [0.2, 0.25) is 0 Å². The molecule has 0 unspecified atom stereocenters. The number of carbonyl (C=O) groups is 1. The molecule has 0 atom stereocenters. The van der Waals surface area contributed by atoms with E-state index in [1.165, 1.54) is 11.0 Å². The Morgan fingerprint density at radius 1 is 1.13 bits per heavy atom. The van der Waals surface area contributed by atoms with Gasteiger partial charge >= 0.3 is 0 Å². The zero-order valence-corrected chi connectivity index (χ0v) is 17.5. The van der Waals surface area contributed by atoms with E-state index in [9.17, 15) is 9.90 Å². The lowest BCUT2D eigenvalue weighted by molar-refractivity contribution is -0.918. The molecular weight excluding hydrogens is 384 g/mol. The number of benzene rings is 2. The third-order valence-electron chi connectivity index (χ3n) is 5.72. The molecule has 1 saturated heterocycles. The molecule has 2 heterocycles. The number of hydrogen-bond acceptors (Lipinski definition) is 6. The zero-order chi connectivity index (χ0) is 21.3. The number of fused-ring (bicyclic) bond motifs is 1. The molecule has 158 valence electrons. The summed E-state index contributed by atoms with van der Waals surface area (Å²) < 4.78 is 16.5. The Morgan fingerprint density at radius 3 is 2.57 bits per heavy atom. The van der Waals surface area contributed by atoms with Crippen LogP contribution < -0.4 is 24.2 Å². The van der Waals surface area contributed by atoms with Gasteiger partial charge in [0.15, 0.2) is 17.3 Å². The molecule has 7 nitrogen and oxygen atoms in total. The second kappa shape index (κ2) is 8.38. The SMILES string of the molecule is COc1ccc(C=C2Oc3c(ccc([O-])c3C[NH+]3CCN(C)CC3)C2=O)cc1OC. The molecule has 0 bridgehead atoms. The van der Waals surface area contributed by atoms with Crippen LogP contribution in [0.4, 0.5) is 0 Å². The van der Waals surface area contributed by atoms with Crippen molar-refractivity contribution in [3.05, 3.63) is 52.8 Å². The minimum atomic E-state index is -0.214. The van der Waals surface area contributed by atoms with Gasteiger partial charge in [0.25, 0.3) is 0 Å². The summed E-state index contributed by atoms with van der Waals surface area (Å²) in [5.41, 5.74) is 1.78. The summed E-state index contributed by atoms with van der Waals surface area (Å²) in [6.45, 7) is 4.46. The van der Waals surface area contributed by atoms with Gasteiger partial charge in [0.05, 0.1) is 32.9 Å². The van der Waals surface area contributed by atoms with E-state index in [-0.39, 0.29) is 17.3 Å². The van der Waals surface area contributed by atoms with Gasteiger partial charge in [-0.15, -0.1) is 0 Å². The van der Waals surface area contributed by atoms with E-state index in [0.29, 0.717) is 34.9 Å². The maximum Gasteiger partial charge on any atom is 0.231 e. The summed E-state index contributed by atoms with van der Waals surface area (Å²) in [5, 5.41) is 12.6. The average molecular weight is 410 g/mol. The molecule has 2 aromatic carbocycles. The van der Waals surface area contributed by atoms with Crippen LogP contribution in [-0.2, 0) is 6.54 Å². The number of nitrogens with zero attached hydrogens (tertiary/aromatic N) is 1. The van der Waals surface area contributed by atoms with Crippen molar-refractivity contribution in [2.75, 3.05) is 47.4 Å². The fraction of sp³-hybridized carbons (Fsp3) is 0.348. The van der Waals surface area contributed by atoms with Gasteiger partial charge in [-0.1, -0.05) is 17.9 Å². The Hall–Kier alpha value is -3.03. The molecule has 2 aromatic rings. The highest BCUT2D eigenvalue weighted by Gasteiger charge is 2.31. The van der Waals surface area contributed by atoms with Crippen LogP contribution in [0, 0.1) is 0 Å². The third kappa shape index (κ3) is 3.86. The summed E-state index contributed by atoms with van der Waals surface area (Å²) in [6.07, 6.45) is 1.67. The Kier molecular flexibility index (Phi) is 5.65. The van der Waals surface area contributed by atoms with Gasteiger partial charge in [-0.25, -0.2) is 0 Å². The standard InChI is InChI=1S/C23H26N2O5/c1-24-8-10-25(11-9-24)14-17-18(26)6-5-16-22(27)21(30-23(16)17)13-15-4-7-19(28-2)20(12-15)29-3/h4-7,12-13,26H,8-11,14H2,1-3H3. The largest absolute Gasteiger partial charge is 0.872 e. The Labute approximate surface area is 176 Å². The van der Waals surface area contributed by atoms with Gasteiger partial charge in [-0.05, 0) is 36.9 Å². The highest BCUT2D eigenvalue weighted by atomic mass is 16.5. The van der Waals surface area contributed by atoms with Crippen molar-refractivity contribution in [1.82, 2.24) is 4.90 Å². The predicted octanol–water partition coefficient (Wildman–Crippen LogP) is 0.724. The summed E-state index contributed by atoms with van der Waals surface area (Å²) in [5.74, 6) is 1.49. The number of methoxy groups -OCH3 is 2. The van der Waals surface area contributed by atoms with Gasteiger partial charge in [0.1, 0.15) is 12.3 Å². The second-order valence-electron chi connectivity index (χ2n) is 7.70. The molecule has 0 saturated carbocycles. The topological polar surface area (TPSA) is 75.5 Å². The molecule has 1 fully saturated rings. The number of likely N-dealkylation sites (N-methyl/N-ethyl adjacent to an activating group) is 1. The number of carbonyl (C=O) groups excluding carboxylic acids is 1. The normalized spacial score (nSPS) is 18.4. The number of rotatable bonds is 5. The zero-order valence-electron chi connectivity index (χ0n) is 17.5. The smallest absolute Gasteiger partial charge is 0.231 e. The molecule has 0 radical (unpaired) electrons. The van der Waals surface area contributed by atoms with Crippen molar-refractivity contribution in [2.45, 2.75) is 6.54 Å². The molecule has 2 aliphatic heterocycles. The maximum absolute atomic E-state index is 12.9. The van der Waals surface area contributed by atoms with Crippen LogP contribution in [0.1, 0.15) is 21.5 Å². The third-order valence-corrected chi connectivity index (χ3v) is 5.72. The lowest BCUT2D eigenvalue weighted by Crippen LogP contribution is -3.13. The van der Waals surface area contributed by atoms with Gasteiger partial charge in [-0.3, -0.25) is 9.69 Å². The summed E-state index contributed by atoms with van der Waals surface area (Å²) >= 11 is 0. The first-order valence-electron chi connectivity index (χ1n) is 10.0. The van der Waals surface area contributed by atoms with Crippen molar-refractivity contribution in [2.24, 2.45) is 0 Å². The average Bonchev–Trinajstić information content (AvgIpc) is 3.07. The number of quaternary nitrogens is 1. The first-order valence-corrected chi connectivity index (χ1v) is 10.0. The minimum Gasteiger partial charge on any atom is -0.872 e. The summed E-state index contributed by atoms with van der Waals surface area (Å²) in [6, 6.07) is 8.42. The molecule has 0 aliphatic carbocycles. The second-order valence-corrected chi connectivity index (χ2v) is 7.70. The van der Waals surface area contributed by atoms with Crippen LogP contribution in [0.25, 0.3) is 6.08 Å². The molecule has 1 N–H and O–H groups in total. The molecular formula is C23H26N2O5. The Morgan fingerprint density at radius 2 is 1.87 bits per heavy atom. The molecule has 4 rings (SSSR count). The summed E-state index contributed by atoms with van der Waals surface area (Å²) in [4.78, 5) is 16.5. The van der Waals surface area contributed by atoms with Gasteiger partial charge in [0.2, 0.25) is 5.78 Å². The van der Waals surface area contributed by atoms with Gasteiger partial charge in [-0.2, -0.15) is 0 Å². The summed E-state index contributed by atoms with van der Waals surface area (Å²) in [7, 11) is 5.23. The fourth-order valence-electron chi connectivity index (χ4n) is 3.91. The van der Waals surface area contributed by atoms with Crippen LogP contribution >= 0.6 is 0 Å². The maximum atomic E-state index is 12.9. The number of Topliss-reactive ketones (excluding diaryl/α,β-unsaturated/α-hetero) is 1. The number of nitrogens with one attached hydrogen (secondary N) is 1. The number of piperazine rings is 1. The first-order chi connectivity index (χ1) is 14.5. The van der Waals surface area contributed by atoms with Crippen molar-refractivity contribution in [1.29, 1.82) is 0 Å². The molecule has 0 spiro atoms.